The monoisotopic (exact) mass is 935 g/mol. The third kappa shape index (κ3) is 11.2. The third-order valence-corrected chi connectivity index (χ3v) is 13.0. The number of carbonyl (C=O) groups excluding carboxylic acids is 9. The molecule has 3 aliphatic heterocycles. The van der Waals surface area contributed by atoms with Crippen LogP contribution in [0.25, 0.3) is 0 Å². The quantitative estimate of drug-likeness (QED) is 0.0691. The summed E-state index contributed by atoms with van der Waals surface area (Å²) in [5.74, 6) is -4.16. The fraction of sp³-hybridized carbons (Fsp3) is 0.460. The van der Waals surface area contributed by atoms with Gasteiger partial charge in [-0.2, -0.15) is 0 Å². The molecule has 0 saturated carbocycles. The lowest BCUT2D eigenvalue weighted by Crippen LogP contribution is -2.54. The highest BCUT2D eigenvalue weighted by Gasteiger charge is 2.58. The van der Waals surface area contributed by atoms with E-state index in [1.807, 2.05) is 0 Å². The van der Waals surface area contributed by atoms with E-state index in [2.05, 4.69) is 21.3 Å². The molecule has 68 heavy (non-hydrogen) atoms. The van der Waals surface area contributed by atoms with Gasteiger partial charge in [-0.3, -0.25) is 48.6 Å². The van der Waals surface area contributed by atoms with E-state index >= 15 is 0 Å². The van der Waals surface area contributed by atoms with E-state index in [1.165, 1.54) is 24.0 Å². The first-order valence-corrected chi connectivity index (χ1v) is 23.5. The molecule has 4 N–H and O–H groups in total. The first-order valence-electron chi connectivity index (χ1n) is 23.5. The summed E-state index contributed by atoms with van der Waals surface area (Å²) in [4.78, 5) is 119. The topological polar surface area (TPSA) is 221 Å². The van der Waals surface area contributed by atoms with E-state index in [0.29, 0.717) is 48.3 Å². The molecule has 3 aromatic rings. The molecule has 2 fully saturated rings. The van der Waals surface area contributed by atoms with Crippen LogP contribution in [0.1, 0.15) is 135 Å². The number of anilines is 2. The number of fused-ring (bicyclic) bond motifs is 3. The molecule has 1 aliphatic carbocycles. The van der Waals surface area contributed by atoms with Gasteiger partial charge in [-0.15, -0.1) is 0 Å². The molecule has 0 aromatic heterocycles. The van der Waals surface area contributed by atoms with Gasteiger partial charge in [0.1, 0.15) is 18.4 Å². The molecule has 4 aliphatic rings. The van der Waals surface area contributed by atoms with Crippen molar-refractivity contribution in [1.29, 1.82) is 0 Å². The van der Waals surface area contributed by atoms with Gasteiger partial charge in [0.25, 0.3) is 17.7 Å². The molecule has 18 heteroatoms. The van der Waals surface area contributed by atoms with Crippen molar-refractivity contribution < 1.29 is 52.3 Å². The van der Waals surface area contributed by atoms with Crippen molar-refractivity contribution in [1.82, 2.24) is 25.3 Å². The predicted molar refractivity (Wildman–Crippen MR) is 246 cm³/mol. The first kappa shape index (κ1) is 48.9. The van der Waals surface area contributed by atoms with E-state index in [0.717, 1.165) is 66.7 Å². The van der Waals surface area contributed by atoms with Gasteiger partial charge >= 0.3 is 6.09 Å². The maximum atomic E-state index is 14.0. The van der Waals surface area contributed by atoms with Gasteiger partial charge in [0, 0.05) is 68.8 Å². The Bertz CT molecular complexity index is 2480. The molecule has 3 heterocycles. The number of amides is 9. The van der Waals surface area contributed by atoms with Crippen LogP contribution in [0.15, 0.2) is 60.7 Å². The number of piperidine rings is 1. The average Bonchev–Trinajstić information content (AvgIpc) is 3.88. The molecular formula is C50H58FN7O10. The fourth-order valence-electron chi connectivity index (χ4n) is 9.36. The molecular weight excluding hydrogens is 878 g/mol. The second kappa shape index (κ2) is 21.8. The Morgan fingerprint density at radius 2 is 1.51 bits per heavy atom. The molecule has 2 saturated heterocycles. The average molecular weight is 936 g/mol. The summed E-state index contributed by atoms with van der Waals surface area (Å²) in [6.45, 7) is 3.41. The normalized spacial score (nSPS) is 18.9. The first-order chi connectivity index (χ1) is 32.6. The van der Waals surface area contributed by atoms with E-state index in [-0.39, 0.29) is 55.3 Å². The number of nitrogens with one attached hydrogen (secondary N) is 4. The summed E-state index contributed by atoms with van der Waals surface area (Å²) in [6.07, 6.45) is 9.00. The minimum Gasteiger partial charge on any atom is -0.427 e. The van der Waals surface area contributed by atoms with Crippen LogP contribution in [-0.4, -0.2) is 99.8 Å². The Labute approximate surface area is 393 Å². The number of carbonyl (C=O) groups is 9. The molecule has 3 aromatic carbocycles. The standard InChI is InChI=1S/C50H58FN7O10/c1-31(56(29-33-13-15-35(51)16-14-33)44(62)30-57-48(66)50(68-49(57)67)24-23-34-26-37(54-32(2)59)18-20-40(34)50)28-53-42(60)12-10-8-6-4-3-5-7-9-11-25-52-36-17-19-38-39(27-36)47(65)58(46(38)64)41-21-22-43(61)55-45(41)63/h13-20,26-27,31,41,52H,3-12,21-25,28-30H2,1-2H3,(H,53,60)(H,54,59)(H,55,61,63)/t31-,41?,50-/m0/s1. The lowest BCUT2D eigenvalue weighted by atomic mass is 9.94. The molecule has 360 valence electrons. The number of aryl methyl sites for hydroxylation is 1. The zero-order chi connectivity index (χ0) is 48.5. The fourth-order valence-corrected chi connectivity index (χ4v) is 9.36. The SMILES string of the molecule is CC(=O)Nc1ccc2c(c1)CC[C@]21OC(=O)N(CC(=O)N(Cc2ccc(F)cc2)[C@@H](C)CNC(=O)CCCCCCCCCCCNc2ccc3c(c2)C(=O)N(C2CCC(=O)NC2=O)C3=O)C1=O. The summed E-state index contributed by atoms with van der Waals surface area (Å²) >= 11 is 0. The van der Waals surface area contributed by atoms with Gasteiger partial charge in [0.2, 0.25) is 35.1 Å². The summed E-state index contributed by atoms with van der Waals surface area (Å²) in [6, 6.07) is 14.1. The number of halogens is 1. The van der Waals surface area contributed by atoms with Crippen molar-refractivity contribution in [3.63, 3.8) is 0 Å². The molecule has 0 bridgehead atoms. The number of rotatable bonds is 22. The van der Waals surface area contributed by atoms with E-state index in [4.69, 9.17) is 4.74 Å². The molecule has 1 spiro atoms. The second-order valence-corrected chi connectivity index (χ2v) is 18.0. The largest absolute Gasteiger partial charge is 0.427 e. The molecule has 0 radical (unpaired) electrons. The van der Waals surface area contributed by atoms with Gasteiger partial charge < -0.3 is 25.6 Å². The zero-order valence-electron chi connectivity index (χ0n) is 38.5. The number of hydrogen-bond donors (Lipinski definition) is 4. The minimum absolute atomic E-state index is 0.0441. The highest BCUT2D eigenvalue weighted by atomic mass is 19.1. The van der Waals surface area contributed by atoms with Crippen molar-refractivity contribution in [3.8, 4) is 0 Å². The third-order valence-electron chi connectivity index (χ3n) is 13.0. The maximum absolute atomic E-state index is 14.0. The van der Waals surface area contributed by atoms with Crippen molar-refractivity contribution in [2.24, 2.45) is 0 Å². The highest BCUT2D eigenvalue weighted by Crippen LogP contribution is 2.46. The number of hydrogen-bond acceptors (Lipinski definition) is 11. The Morgan fingerprint density at radius 3 is 2.22 bits per heavy atom. The van der Waals surface area contributed by atoms with Crippen LogP contribution < -0.4 is 21.3 Å². The van der Waals surface area contributed by atoms with Crippen molar-refractivity contribution in [2.75, 3.05) is 30.3 Å². The Hall–Kier alpha value is -6.98. The molecule has 7 rings (SSSR count). The predicted octanol–water partition coefficient (Wildman–Crippen LogP) is 5.85. The molecule has 1 unspecified atom stereocenters. The van der Waals surface area contributed by atoms with Crippen molar-refractivity contribution >= 4 is 64.7 Å². The Balaban J connectivity index is 0.782. The van der Waals surface area contributed by atoms with Crippen LogP contribution in [0.5, 0.6) is 0 Å². The van der Waals surface area contributed by atoms with Gasteiger partial charge in [0.15, 0.2) is 0 Å². The molecule has 17 nitrogen and oxygen atoms in total. The van der Waals surface area contributed by atoms with Gasteiger partial charge in [-0.1, -0.05) is 63.1 Å². The number of nitrogens with zero attached hydrogens (tertiary/aromatic N) is 3. The Morgan fingerprint density at radius 1 is 0.838 bits per heavy atom. The molecule has 9 amide bonds. The summed E-state index contributed by atoms with van der Waals surface area (Å²) in [5, 5.41) is 11.2. The zero-order valence-corrected chi connectivity index (χ0v) is 38.5. The minimum atomic E-state index is -1.57. The van der Waals surface area contributed by atoms with Crippen LogP contribution >= 0.6 is 0 Å². The number of ether oxygens (including phenoxy) is 1. The lowest BCUT2D eigenvalue weighted by Gasteiger charge is -2.31. The van der Waals surface area contributed by atoms with Crippen molar-refractivity contribution in [3.05, 3.63) is 94.3 Å². The Kier molecular flexibility index (Phi) is 15.7. The van der Waals surface area contributed by atoms with Crippen LogP contribution in [0.4, 0.5) is 20.6 Å². The van der Waals surface area contributed by atoms with Crippen LogP contribution in [0.3, 0.4) is 0 Å². The number of imide groups is 3. The summed E-state index contributed by atoms with van der Waals surface area (Å²) in [5.41, 5.74) is 2.07. The van der Waals surface area contributed by atoms with E-state index in [9.17, 15) is 47.5 Å². The van der Waals surface area contributed by atoms with E-state index in [1.54, 1.807) is 55.5 Å². The van der Waals surface area contributed by atoms with Crippen LogP contribution in [0, 0.1) is 5.82 Å². The van der Waals surface area contributed by atoms with Gasteiger partial charge in [0.05, 0.1) is 11.1 Å². The maximum Gasteiger partial charge on any atom is 0.418 e. The van der Waals surface area contributed by atoms with E-state index < -0.39 is 71.6 Å². The van der Waals surface area contributed by atoms with Gasteiger partial charge in [-0.05, 0) is 86.2 Å². The number of unbranched alkanes of at least 4 members (excludes halogenated alkanes) is 8. The smallest absolute Gasteiger partial charge is 0.418 e. The highest BCUT2D eigenvalue weighted by molar-refractivity contribution is 6.23. The van der Waals surface area contributed by atoms with Crippen LogP contribution in [-0.2, 0) is 52.1 Å². The number of benzene rings is 3. The summed E-state index contributed by atoms with van der Waals surface area (Å²) < 4.78 is 19.5. The lowest BCUT2D eigenvalue weighted by molar-refractivity contribution is -0.143. The van der Waals surface area contributed by atoms with Gasteiger partial charge in [-0.25, -0.2) is 14.1 Å². The summed E-state index contributed by atoms with van der Waals surface area (Å²) in [7, 11) is 0. The van der Waals surface area contributed by atoms with Crippen LogP contribution in [0.2, 0.25) is 0 Å². The van der Waals surface area contributed by atoms with Crippen molar-refractivity contribution in [2.45, 2.75) is 128 Å². The second-order valence-electron chi connectivity index (χ2n) is 18.0. The molecule has 3 atom stereocenters.